The van der Waals surface area contributed by atoms with Crippen LogP contribution in [-0.4, -0.2) is 5.91 Å². The summed E-state index contributed by atoms with van der Waals surface area (Å²) in [7, 11) is 0. The van der Waals surface area contributed by atoms with Gasteiger partial charge in [0.1, 0.15) is 0 Å². The molecule has 0 unspecified atom stereocenters. The number of carbonyl (C=O) groups excluding carboxylic acids is 1. The molecule has 2 N–H and O–H groups in total. The molecule has 0 bridgehead atoms. The lowest BCUT2D eigenvalue weighted by molar-refractivity contribution is -0.119. The molecule has 7 heteroatoms. The summed E-state index contributed by atoms with van der Waals surface area (Å²) < 4.78 is 0. The van der Waals surface area contributed by atoms with Crippen molar-refractivity contribution in [1.29, 1.82) is 0 Å². The second kappa shape index (κ2) is 6.48. The number of anilines is 1. The summed E-state index contributed by atoms with van der Waals surface area (Å²) >= 11 is 19.3. The van der Waals surface area contributed by atoms with Crippen LogP contribution in [0.3, 0.4) is 0 Å². The number of hydrogen-bond donors (Lipinski definition) is 2. The monoisotopic (exact) mass is 334 g/mol. The van der Waals surface area contributed by atoms with Crippen LogP contribution in [0.1, 0.15) is 4.88 Å². The molecular weight excluding hydrogens is 327 g/mol. The van der Waals surface area contributed by atoms with Gasteiger partial charge in [-0.2, -0.15) is 0 Å². The zero-order chi connectivity index (χ0) is 13.8. The van der Waals surface area contributed by atoms with Gasteiger partial charge >= 0.3 is 0 Å². The van der Waals surface area contributed by atoms with Gasteiger partial charge in [0.25, 0.3) is 0 Å². The zero-order valence-corrected chi connectivity index (χ0v) is 12.6. The maximum absolute atomic E-state index is 11.7. The van der Waals surface area contributed by atoms with E-state index in [1.807, 2.05) is 17.5 Å². The third-order valence-corrected chi connectivity index (χ3v) is 3.94. The first-order valence-electron chi connectivity index (χ1n) is 5.28. The Balaban J connectivity index is 1.97. The van der Waals surface area contributed by atoms with Crippen LogP contribution in [0.15, 0.2) is 29.6 Å². The lowest BCUT2D eigenvalue weighted by Crippen LogP contribution is -2.30. The fraction of sp³-hybridized carbons (Fsp3) is 0.0833. The van der Waals surface area contributed by atoms with Crippen molar-refractivity contribution < 1.29 is 4.79 Å². The fourth-order valence-corrected chi connectivity index (χ4v) is 3.02. The van der Waals surface area contributed by atoms with Gasteiger partial charge < -0.3 is 0 Å². The van der Waals surface area contributed by atoms with Crippen LogP contribution < -0.4 is 10.9 Å². The molecule has 0 spiro atoms. The van der Waals surface area contributed by atoms with E-state index in [1.165, 1.54) is 11.3 Å². The first-order chi connectivity index (χ1) is 9.06. The Morgan fingerprint density at radius 3 is 2.47 bits per heavy atom. The minimum atomic E-state index is -0.176. The van der Waals surface area contributed by atoms with Gasteiger partial charge in [0, 0.05) is 9.90 Å². The molecule has 0 radical (unpaired) electrons. The van der Waals surface area contributed by atoms with Crippen LogP contribution >= 0.6 is 46.1 Å². The standard InChI is InChI=1S/C12H9Cl3N2OS/c13-7-4-9(14)12(10(15)5-7)17-16-11(18)6-8-2-1-3-19-8/h1-5,17H,6H2,(H,16,18). The van der Waals surface area contributed by atoms with Crippen LogP contribution in [0.2, 0.25) is 15.1 Å². The van der Waals surface area contributed by atoms with Gasteiger partial charge in [-0.25, -0.2) is 0 Å². The van der Waals surface area contributed by atoms with Gasteiger partial charge in [0.2, 0.25) is 5.91 Å². The molecule has 2 rings (SSSR count). The molecule has 0 atom stereocenters. The van der Waals surface area contributed by atoms with E-state index in [1.54, 1.807) is 12.1 Å². The van der Waals surface area contributed by atoms with E-state index in [0.29, 0.717) is 27.2 Å². The highest BCUT2D eigenvalue weighted by atomic mass is 35.5. The number of hydrogen-bond acceptors (Lipinski definition) is 3. The number of hydrazine groups is 1. The van der Waals surface area contributed by atoms with Crippen molar-refractivity contribution in [2.75, 3.05) is 5.43 Å². The Morgan fingerprint density at radius 1 is 1.21 bits per heavy atom. The fourth-order valence-electron chi connectivity index (χ4n) is 1.41. The average molecular weight is 336 g/mol. The van der Waals surface area contributed by atoms with Crippen molar-refractivity contribution in [3.63, 3.8) is 0 Å². The highest BCUT2D eigenvalue weighted by molar-refractivity contribution is 7.10. The Bertz CT molecular complexity index is 564. The summed E-state index contributed by atoms with van der Waals surface area (Å²) in [6.07, 6.45) is 0.299. The van der Waals surface area contributed by atoms with Crippen molar-refractivity contribution in [2.24, 2.45) is 0 Å². The summed E-state index contributed by atoms with van der Waals surface area (Å²) in [5.41, 5.74) is 5.67. The molecule has 0 fully saturated rings. The molecule has 1 amide bonds. The number of nitrogens with one attached hydrogen (secondary N) is 2. The number of amides is 1. The lowest BCUT2D eigenvalue weighted by Gasteiger charge is -2.11. The molecule has 19 heavy (non-hydrogen) atoms. The van der Waals surface area contributed by atoms with Gasteiger partial charge in [-0.05, 0) is 23.6 Å². The lowest BCUT2D eigenvalue weighted by atomic mass is 10.3. The molecule has 0 aliphatic rings. The largest absolute Gasteiger partial charge is 0.296 e. The molecule has 0 aliphatic carbocycles. The summed E-state index contributed by atoms with van der Waals surface area (Å²) in [5, 5.41) is 3.04. The summed E-state index contributed by atoms with van der Waals surface area (Å²) in [4.78, 5) is 12.7. The molecule has 0 saturated heterocycles. The van der Waals surface area contributed by atoms with Gasteiger partial charge in [0.15, 0.2) is 0 Å². The van der Waals surface area contributed by atoms with Gasteiger partial charge in [-0.3, -0.25) is 15.6 Å². The van der Waals surface area contributed by atoms with E-state index in [2.05, 4.69) is 10.9 Å². The first-order valence-corrected chi connectivity index (χ1v) is 7.29. The summed E-state index contributed by atoms with van der Waals surface area (Å²) in [6.45, 7) is 0. The van der Waals surface area contributed by atoms with Crippen LogP contribution in [0, 0.1) is 0 Å². The summed E-state index contributed by atoms with van der Waals surface area (Å²) in [5.74, 6) is -0.176. The third kappa shape index (κ3) is 4.01. The summed E-state index contributed by atoms with van der Waals surface area (Å²) in [6, 6.07) is 6.88. The van der Waals surface area contributed by atoms with E-state index in [4.69, 9.17) is 34.8 Å². The van der Waals surface area contributed by atoms with Crippen LogP contribution in [0.25, 0.3) is 0 Å². The van der Waals surface area contributed by atoms with Crippen LogP contribution in [0.5, 0.6) is 0 Å². The average Bonchev–Trinajstić information content (AvgIpc) is 2.80. The Hall–Kier alpha value is -0.940. The molecule has 100 valence electrons. The molecule has 1 aromatic carbocycles. The van der Waals surface area contributed by atoms with Gasteiger partial charge in [0.05, 0.1) is 22.2 Å². The van der Waals surface area contributed by atoms with Crippen molar-refractivity contribution in [1.82, 2.24) is 5.43 Å². The molecule has 3 nitrogen and oxygen atoms in total. The SMILES string of the molecule is O=C(Cc1cccs1)NNc1c(Cl)cc(Cl)cc1Cl. The number of benzene rings is 1. The first kappa shape index (κ1) is 14.5. The van der Waals surface area contributed by atoms with E-state index < -0.39 is 0 Å². The highest BCUT2D eigenvalue weighted by Crippen LogP contribution is 2.33. The topological polar surface area (TPSA) is 41.1 Å². The normalized spacial score (nSPS) is 10.3. The second-order valence-electron chi connectivity index (χ2n) is 3.67. The number of carbonyl (C=O) groups is 1. The van der Waals surface area contributed by atoms with E-state index >= 15 is 0 Å². The molecule has 1 heterocycles. The quantitative estimate of drug-likeness (QED) is 0.813. The third-order valence-electron chi connectivity index (χ3n) is 2.25. The van der Waals surface area contributed by atoms with Crippen molar-refractivity contribution in [3.8, 4) is 0 Å². The van der Waals surface area contributed by atoms with E-state index in [9.17, 15) is 4.79 Å². The van der Waals surface area contributed by atoms with Crippen LogP contribution in [-0.2, 0) is 11.2 Å². The number of thiophene rings is 1. The minimum Gasteiger partial charge on any atom is -0.296 e. The number of halogens is 3. The van der Waals surface area contributed by atoms with Gasteiger partial charge in [-0.1, -0.05) is 40.9 Å². The predicted octanol–water partition coefficient (Wildman–Crippen LogP) is 4.39. The van der Waals surface area contributed by atoms with Gasteiger partial charge in [-0.15, -0.1) is 11.3 Å². The van der Waals surface area contributed by atoms with Crippen molar-refractivity contribution in [2.45, 2.75) is 6.42 Å². The smallest absolute Gasteiger partial charge is 0.243 e. The molecule has 2 aromatic rings. The Morgan fingerprint density at radius 2 is 1.89 bits per heavy atom. The predicted molar refractivity (Wildman–Crippen MR) is 81.3 cm³/mol. The molecule has 1 aromatic heterocycles. The van der Waals surface area contributed by atoms with Crippen LogP contribution in [0.4, 0.5) is 5.69 Å². The van der Waals surface area contributed by atoms with Crippen molar-refractivity contribution >= 4 is 57.7 Å². The van der Waals surface area contributed by atoms with E-state index in [-0.39, 0.29) is 5.91 Å². The maximum atomic E-state index is 11.7. The molecular formula is C12H9Cl3N2OS. The van der Waals surface area contributed by atoms with E-state index in [0.717, 1.165) is 4.88 Å². The highest BCUT2D eigenvalue weighted by Gasteiger charge is 2.09. The number of rotatable bonds is 4. The molecule has 0 saturated carbocycles. The maximum Gasteiger partial charge on any atom is 0.243 e. The van der Waals surface area contributed by atoms with Crippen molar-refractivity contribution in [3.05, 3.63) is 49.6 Å². The Labute approximate surface area is 129 Å². The second-order valence-corrected chi connectivity index (χ2v) is 5.96. The molecule has 0 aliphatic heterocycles. The minimum absolute atomic E-state index is 0.176. The Kier molecular flexibility index (Phi) is 4.93. The zero-order valence-electron chi connectivity index (χ0n) is 9.54.